The zero-order chi connectivity index (χ0) is 15.7. The maximum absolute atomic E-state index is 12.5. The van der Waals surface area contributed by atoms with Crippen LogP contribution in [0, 0.1) is 23.7 Å². The summed E-state index contributed by atoms with van der Waals surface area (Å²) < 4.78 is 0. The Bertz CT molecular complexity index is 515. The van der Waals surface area contributed by atoms with E-state index in [1.807, 2.05) is 37.3 Å². The SMILES string of the molecule is CC(NC(=O)C(C)C(N)c1ccccc1)C1CC2CCC1C2. The Hall–Kier alpha value is -1.35. The van der Waals surface area contributed by atoms with Crippen LogP contribution in [0.3, 0.4) is 0 Å². The minimum atomic E-state index is -0.242. The number of carbonyl (C=O) groups excluding carboxylic acids is 1. The van der Waals surface area contributed by atoms with Crippen molar-refractivity contribution in [1.29, 1.82) is 0 Å². The molecule has 1 aromatic carbocycles. The third kappa shape index (κ3) is 3.05. The summed E-state index contributed by atoms with van der Waals surface area (Å²) in [6.45, 7) is 4.10. The van der Waals surface area contributed by atoms with Crippen molar-refractivity contribution in [3.05, 3.63) is 35.9 Å². The molecule has 0 radical (unpaired) electrons. The predicted octanol–water partition coefficient (Wildman–Crippen LogP) is 3.26. The minimum absolute atomic E-state index is 0.0895. The first kappa shape index (κ1) is 15.5. The van der Waals surface area contributed by atoms with Gasteiger partial charge >= 0.3 is 0 Å². The lowest BCUT2D eigenvalue weighted by Gasteiger charge is -2.30. The van der Waals surface area contributed by atoms with Crippen molar-refractivity contribution >= 4 is 5.91 Å². The highest BCUT2D eigenvalue weighted by Gasteiger charge is 2.42. The Balaban J connectivity index is 1.57. The summed E-state index contributed by atoms with van der Waals surface area (Å²) in [5.74, 6) is 2.30. The van der Waals surface area contributed by atoms with Crippen LogP contribution in [0.2, 0.25) is 0 Å². The molecule has 3 rings (SSSR count). The highest BCUT2D eigenvalue weighted by Crippen LogP contribution is 2.49. The molecule has 2 fully saturated rings. The molecule has 2 saturated carbocycles. The van der Waals surface area contributed by atoms with E-state index in [1.54, 1.807) is 0 Å². The molecule has 2 aliphatic carbocycles. The molecule has 0 spiro atoms. The standard InChI is InChI=1S/C19H28N2O/c1-12(18(20)15-6-4-3-5-7-15)19(22)21-13(2)17-11-14-8-9-16(17)10-14/h3-7,12-14,16-18H,8-11,20H2,1-2H3,(H,21,22). The number of amides is 1. The van der Waals surface area contributed by atoms with Gasteiger partial charge in [0.15, 0.2) is 0 Å². The van der Waals surface area contributed by atoms with Gasteiger partial charge in [-0.1, -0.05) is 43.7 Å². The summed E-state index contributed by atoms with van der Waals surface area (Å²) in [6.07, 6.45) is 5.43. The molecule has 6 atom stereocenters. The van der Waals surface area contributed by atoms with E-state index < -0.39 is 0 Å². The first-order chi connectivity index (χ1) is 10.6. The smallest absolute Gasteiger partial charge is 0.224 e. The van der Waals surface area contributed by atoms with Crippen molar-refractivity contribution in [2.24, 2.45) is 29.4 Å². The van der Waals surface area contributed by atoms with Crippen LogP contribution in [0.1, 0.15) is 51.1 Å². The maximum atomic E-state index is 12.5. The third-order valence-corrected chi connectivity index (χ3v) is 5.94. The number of carbonyl (C=O) groups is 1. The maximum Gasteiger partial charge on any atom is 0.224 e. The van der Waals surface area contributed by atoms with E-state index >= 15 is 0 Å². The molecule has 3 nitrogen and oxygen atoms in total. The van der Waals surface area contributed by atoms with Crippen LogP contribution < -0.4 is 11.1 Å². The van der Waals surface area contributed by atoms with E-state index in [0.717, 1.165) is 17.4 Å². The van der Waals surface area contributed by atoms with Crippen LogP contribution in [0.15, 0.2) is 30.3 Å². The molecular formula is C19H28N2O. The van der Waals surface area contributed by atoms with Crippen molar-refractivity contribution in [2.45, 2.75) is 51.6 Å². The molecular weight excluding hydrogens is 272 g/mol. The average molecular weight is 300 g/mol. The molecule has 2 aliphatic rings. The molecule has 1 amide bonds. The van der Waals surface area contributed by atoms with Crippen LogP contribution in [0.25, 0.3) is 0 Å². The van der Waals surface area contributed by atoms with E-state index in [0.29, 0.717) is 5.92 Å². The second-order valence-corrected chi connectivity index (χ2v) is 7.36. The zero-order valence-electron chi connectivity index (χ0n) is 13.7. The summed E-state index contributed by atoms with van der Waals surface area (Å²) in [5.41, 5.74) is 7.29. The lowest BCUT2D eigenvalue weighted by atomic mass is 9.83. The Kier molecular flexibility index (Phi) is 4.53. The average Bonchev–Trinajstić information content (AvgIpc) is 3.17. The van der Waals surface area contributed by atoms with E-state index in [4.69, 9.17) is 5.73 Å². The molecule has 6 unspecified atom stereocenters. The number of nitrogens with one attached hydrogen (secondary N) is 1. The lowest BCUT2D eigenvalue weighted by molar-refractivity contribution is -0.126. The Morgan fingerprint density at radius 2 is 1.91 bits per heavy atom. The molecule has 1 aromatic rings. The first-order valence-corrected chi connectivity index (χ1v) is 8.67. The fraction of sp³-hybridized carbons (Fsp3) is 0.632. The van der Waals surface area contributed by atoms with E-state index in [-0.39, 0.29) is 23.9 Å². The molecule has 0 aromatic heterocycles. The van der Waals surface area contributed by atoms with Crippen molar-refractivity contribution in [2.75, 3.05) is 0 Å². The van der Waals surface area contributed by atoms with E-state index in [2.05, 4.69) is 12.2 Å². The fourth-order valence-corrected chi connectivity index (χ4v) is 4.50. The lowest BCUT2D eigenvalue weighted by Crippen LogP contribution is -2.44. The largest absolute Gasteiger partial charge is 0.353 e. The van der Waals surface area contributed by atoms with Crippen LogP contribution in [0.5, 0.6) is 0 Å². The van der Waals surface area contributed by atoms with Gasteiger partial charge in [-0.3, -0.25) is 4.79 Å². The second kappa shape index (κ2) is 6.41. The molecule has 3 N–H and O–H groups in total. The zero-order valence-corrected chi connectivity index (χ0v) is 13.7. The van der Waals surface area contributed by atoms with E-state index in [9.17, 15) is 4.79 Å². The molecule has 2 bridgehead atoms. The third-order valence-electron chi connectivity index (χ3n) is 5.94. The summed E-state index contributed by atoms with van der Waals surface area (Å²) in [5, 5.41) is 3.24. The van der Waals surface area contributed by atoms with Gasteiger partial charge in [-0.25, -0.2) is 0 Å². The van der Waals surface area contributed by atoms with Gasteiger partial charge in [0, 0.05) is 12.1 Å². The van der Waals surface area contributed by atoms with Crippen LogP contribution in [-0.4, -0.2) is 11.9 Å². The summed E-state index contributed by atoms with van der Waals surface area (Å²) in [7, 11) is 0. The van der Waals surface area contributed by atoms with Crippen molar-refractivity contribution in [3.8, 4) is 0 Å². The van der Waals surface area contributed by atoms with Gasteiger partial charge in [0.25, 0.3) is 0 Å². The number of hydrogen-bond donors (Lipinski definition) is 2. The van der Waals surface area contributed by atoms with Crippen molar-refractivity contribution < 1.29 is 4.79 Å². The summed E-state index contributed by atoms with van der Waals surface area (Å²) in [6, 6.07) is 9.93. The first-order valence-electron chi connectivity index (χ1n) is 8.67. The minimum Gasteiger partial charge on any atom is -0.353 e. The van der Waals surface area contributed by atoms with Gasteiger partial charge in [-0.15, -0.1) is 0 Å². The number of rotatable bonds is 5. The Morgan fingerprint density at radius 3 is 2.50 bits per heavy atom. The highest BCUT2D eigenvalue weighted by atomic mass is 16.1. The fourth-order valence-electron chi connectivity index (χ4n) is 4.50. The molecule has 0 aliphatic heterocycles. The van der Waals surface area contributed by atoms with Gasteiger partial charge < -0.3 is 11.1 Å². The van der Waals surface area contributed by atoms with Gasteiger partial charge in [-0.05, 0) is 49.5 Å². The highest BCUT2D eigenvalue weighted by molar-refractivity contribution is 5.79. The van der Waals surface area contributed by atoms with Gasteiger partial charge in [0.1, 0.15) is 0 Å². The molecule has 120 valence electrons. The Morgan fingerprint density at radius 1 is 1.18 bits per heavy atom. The second-order valence-electron chi connectivity index (χ2n) is 7.36. The number of nitrogens with two attached hydrogens (primary N) is 1. The summed E-state index contributed by atoms with van der Waals surface area (Å²) in [4.78, 5) is 12.5. The molecule has 3 heteroatoms. The quantitative estimate of drug-likeness (QED) is 0.877. The Labute approximate surface area is 133 Å². The van der Waals surface area contributed by atoms with Crippen LogP contribution in [0.4, 0.5) is 0 Å². The number of fused-ring (bicyclic) bond motifs is 2. The van der Waals surface area contributed by atoms with Crippen molar-refractivity contribution in [1.82, 2.24) is 5.32 Å². The predicted molar refractivity (Wildman–Crippen MR) is 89.1 cm³/mol. The number of hydrogen-bond acceptors (Lipinski definition) is 2. The van der Waals surface area contributed by atoms with Crippen molar-refractivity contribution in [3.63, 3.8) is 0 Å². The summed E-state index contributed by atoms with van der Waals surface area (Å²) >= 11 is 0. The van der Waals surface area contributed by atoms with Gasteiger partial charge in [0.2, 0.25) is 5.91 Å². The molecule has 0 saturated heterocycles. The van der Waals surface area contributed by atoms with E-state index in [1.165, 1.54) is 25.7 Å². The number of benzene rings is 1. The van der Waals surface area contributed by atoms with Crippen LogP contribution >= 0.6 is 0 Å². The van der Waals surface area contributed by atoms with Gasteiger partial charge in [0.05, 0.1) is 5.92 Å². The molecule has 0 heterocycles. The topological polar surface area (TPSA) is 55.1 Å². The monoisotopic (exact) mass is 300 g/mol. The molecule has 22 heavy (non-hydrogen) atoms. The normalized spacial score (nSPS) is 30.8. The van der Waals surface area contributed by atoms with Crippen LogP contribution in [-0.2, 0) is 4.79 Å². The van der Waals surface area contributed by atoms with Gasteiger partial charge in [-0.2, -0.15) is 0 Å².